The van der Waals surface area contributed by atoms with Gasteiger partial charge in [0.05, 0.1) is 13.2 Å². The zero-order valence-electron chi connectivity index (χ0n) is 15.9. The number of halogens is 4. The minimum Gasteiger partial charge on any atom is -0.370 e. The lowest BCUT2D eigenvalue weighted by atomic mass is 10.1. The number of nitrogens with one attached hydrogen (secondary N) is 1. The van der Waals surface area contributed by atoms with Gasteiger partial charge >= 0.3 is 0 Å². The number of amides is 2. The Balaban J connectivity index is 2.24. The summed E-state index contributed by atoms with van der Waals surface area (Å²) in [5, 5.41) is 2.36. The number of nitrogens with two attached hydrogens (primary N) is 1. The second kappa shape index (κ2) is 10.5. The van der Waals surface area contributed by atoms with Crippen molar-refractivity contribution in [3.63, 3.8) is 0 Å². The van der Waals surface area contributed by atoms with E-state index in [1.54, 1.807) is 6.92 Å². The van der Waals surface area contributed by atoms with Crippen molar-refractivity contribution in [1.29, 1.82) is 0 Å². The minimum absolute atomic E-state index is 0.138. The van der Waals surface area contributed by atoms with E-state index in [0.29, 0.717) is 0 Å². The average Bonchev–Trinajstić information content (AvgIpc) is 2.68. The molecule has 0 unspecified atom stereocenters. The van der Waals surface area contributed by atoms with Crippen LogP contribution in [0.15, 0.2) is 18.2 Å². The molecule has 1 aliphatic heterocycles. The van der Waals surface area contributed by atoms with Crippen LogP contribution in [0.2, 0.25) is 0 Å². The molecule has 29 heavy (non-hydrogen) atoms. The lowest BCUT2D eigenvalue weighted by Crippen LogP contribution is -2.50. The van der Waals surface area contributed by atoms with E-state index in [4.69, 9.17) is 10.5 Å². The van der Waals surface area contributed by atoms with E-state index in [2.05, 4.69) is 5.32 Å². The molecule has 1 saturated heterocycles. The number of anilines is 2. The molecule has 1 aromatic rings. The summed E-state index contributed by atoms with van der Waals surface area (Å²) in [5.74, 6) is -1.12. The number of hydrogen-bond donors (Lipinski definition) is 2. The predicted octanol–water partition coefficient (Wildman–Crippen LogP) is 1.84. The normalized spacial score (nSPS) is 16.0. The largest absolute Gasteiger partial charge is 0.370 e. The number of likely N-dealkylation sites (N-methyl/N-ethyl adjacent to an activating group) is 1. The van der Waals surface area contributed by atoms with Crippen LogP contribution in [-0.2, 0) is 14.3 Å². The van der Waals surface area contributed by atoms with Gasteiger partial charge in [-0.1, -0.05) is 6.92 Å². The maximum Gasteiger partial charge on any atom is 0.265 e. The molecule has 2 amide bonds. The van der Waals surface area contributed by atoms with Gasteiger partial charge in [-0.2, -0.15) is 0 Å². The van der Waals surface area contributed by atoms with Gasteiger partial charge in [0.15, 0.2) is 0 Å². The molecule has 7 nitrogen and oxygen atoms in total. The SMILES string of the molecule is CCN(CC(F)F)[C@H](CN)C(=O)Nc1ccc(N2CCOCC2=O)cc1C(F)F. The number of ether oxygens (including phenoxy) is 1. The smallest absolute Gasteiger partial charge is 0.265 e. The van der Waals surface area contributed by atoms with Gasteiger partial charge in [-0.3, -0.25) is 14.5 Å². The molecule has 1 heterocycles. The van der Waals surface area contributed by atoms with Gasteiger partial charge in [0.1, 0.15) is 12.6 Å². The number of rotatable bonds is 9. The third-order valence-corrected chi connectivity index (χ3v) is 4.57. The molecule has 3 N–H and O–H groups in total. The number of carbonyl (C=O) groups excluding carboxylic acids is 2. The summed E-state index contributed by atoms with van der Waals surface area (Å²) >= 11 is 0. The fourth-order valence-electron chi connectivity index (χ4n) is 3.10. The van der Waals surface area contributed by atoms with Crippen LogP contribution in [0, 0.1) is 0 Å². The van der Waals surface area contributed by atoms with Gasteiger partial charge < -0.3 is 20.7 Å². The Bertz CT molecular complexity index is 720. The summed E-state index contributed by atoms with van der Waals surface area (Å²) in [6.07, 6.45) is -5.60. The molecule has 0 aliphatic carbocycles. The van der Waals surface area contributed by atoms with E-state index in [-0.39, 0.29) is 50.1 Å². The van der Waals surface area contributed by atoms with Gasteiger partial charge in [-0.05, 0) is 24.7 Å². The molecule has 0 bridgehead atoms. The molecule has 1 fully saturated rings. The Morgan fingerprint density at radius 1 is 1.34 bits per heavy atom. The van der Waals surface area contributed by atoms with Gasteiger partial charge in [0.25, 0.3) is 18.8 Å². The van der Waals surface area contributed by atoms with Crippen LogP contribution in [0.25, 0.3) is 0 Å². The molecule has 0 saturated carbocycles. The molecular weight excluding hydrogens is 396 g/mol. The highest BCUT2D eigenvalue weighted by atomic mass is 19.3. The quantitative estimate of drug-likeness (QED) is 0.596. The number of nitrogens with zero attached hydrogens (tertiary/aromatic N) is 2. The second-order valence-corrected chi connectivity index (χ2v) is 6.39. The number of benzene rings is 1. The van der Waals surface area contributed by atoms with Gasteiger partial charge in [-0.25, -0.2) is 17.6 Å². The van der Waals surface area contributed by atoms with Crippen LogP contribution in [0.4, 0.5) is 28.9 Å². The van der Waals surface area contributed by atoms with Gasteiger partial charge in [-0.15, -0.1) is 0 Å². The molecule has 0 spiro atoms. The molecular formula is C18H24F4N4O3. The van der Waals surface area contributed by atoms with E-state index in [1.165, 1.54) is 21.9 Å². The third-order valence-electron chi connectivity index (χ3n) is 4.57. The van der Waals surface area contributed by atoms with Crippen LogP contribution in [0.3, 0.4) is 0 Å². The first kappa shape index (κ1) is 23.0. The van der Waals surface area contributed by atoms with Crippen molar-refractivity contribution in [1.82, 2.24) is 4.90 Å². The van der Waals surface area contributed by atoms with Crippen molar-refractivity contribution in [3.05, 3.63) is 23.8 Å². The number of hydrogen-bond acceptors (Lipinski definition) is 5. The van der Waals surface area contributed by atoms with E-state index >= 15 is 0 Å². The van der Waals surface area contributed by atoms with Gasteiger partial charge in [0.2, 0.25) is 5.91 Å². The highest BCUT2D eigenvalue weighted by molar-refractivity contribution is 5.97. The van der Waals surface area contributed by atoms with Crippen molar-refractivity contribution in [2.24, 2.45) is 5.73 Å². The van der Waals surface area contributed by atoms with E-state index in [1.807, 2.05) is 0 Å². The fraction of sp³-hybridized carbons (Fsp3) is 0.556. The maximum atomic E-state index is 13.6. The minimum atomic E-state index is -2.93. The van der Waals surface area contributed by atoms with E-state index < -0.39 is 36.9 Å². The van der Waals surface area contributed by atoms with Crippen molar-refractivity contribution >= 4 is 23.2 Å². The average molecular weight is 420 g/mol. The van der Waals surface area contributed by atoms with Crippen LogP contribution in [0.1, 0.15) is 18.9 Å². The monoisotopic (exact) mass is 420 g/mol. The highest BCUT2D eigenvalue weighted by Gasteiger charge is 2.28. The summed E-state index contributed by atoms with van der Waals surface area (Å²) in [4.78, 5) is 27.0. The maximum absolute atomic E-state index is 13.6. The standard InChI is InChI=1S/C18H24F4N4O3/c1-2-25(9-15(19)20)14(8-23)18(28)24-13-4-3-11(7-12(13)17(21)22)26-5-6-29-10-16(26)27/h3-4,7,14-15,17H,2,5-6,8-10,23H2,1H3,(H,24,28)/t14-/m1/s1. The predicted molar refractivity (Wildman–Crippen MR) is 99.3 cm³/mol. The van der Waals surface area contributed by atoms with Crippen molar-refractivity contribution in [2.45, 2.75) is 25.8 Å². The summed E-state index contributed by atoms with van der Waals surface area (Å²) in [6, 6.07) is 2.71. The number of carbonyl (C=O) groups is 2. The van der Waals surface area contributed by atoms with Crippen molar-refractivity contribution in [3.8, 4) is 0 Å². The summed E-state index contributed by atoms with van der Waals surface area (Å²) < 4.78 is 57.7. The Morgan fingerprint density at radius 3 is 2.62 bits per heavy atom. The van der Waals surface area contributed by atoms with Crippen LogP contribution in [-0.4, -0.2) is 68.6 Å². The first-order valence-electron chi connectivity index (χ1n) is 9.11. The zero-order chi connectivity index (χ0) is 21.6. The van der Waals surface area contributed by atoms with Crippen LogP contribution < -0.4 is 16.0 Å². The molecule has 0 radical (unpaired) electrons. The van der Waals surface area contributed by atoms with Crippen molar-refractivity contribution < 1.29 is 31.9 Å². The van der Waals surface area contributed by atoms with Crippen LogP contribution in [0.5, 0.6) is 0 Å². The lowest BCUT2D eigenvalue weighted by molar-refractivity contribution is -0.125. The summed E-state index contributed by atoms with van der Waals surface area (Å²) in [6.45, 7) is 1.18. The molecule has 162 valence electrons. The molecule has 0 aromatic heterocycles. The Labute approximate surface area is 165 Å². The Hall–Kier alpha value is -2.24. The lowest BCUT2D eigenvalue weighted by Gasteiger charge is -2.29. The molecule has 1 atom stereocenters. The first-order valence-corrected chi connectivity index (χ1v) is 9.11. The summed E-state index contributed by atoms with van der Waals surface area (Å²) in [5.41, 5.74) is 5.17. The number of alkyl halides is 4. The third kappa shape index (κ3) is 5.87. The Morgan fingerprint density at radius 2 is 2.07 bits per heavy atom. The molecule has 11 heteroatoms. The second-order valence-electron chi connectivity index (χ2n) is 6.39. The molecule has 2 rings (SSSR count). The molecule has 1 aromatic carbocycles. The van der Waals surface area contributed by atoms with Crippen molar-refractivity contribution in [2.75, 3.05) is 49.6 Å². The topological polar surface area (TPSA) is 87.9 Å². The van der Waals surface area contributed by atoms with E-state index in [9.17, 15) is 27.2 Å². The Kier molecular flexibility index (Phi) is 8.35. The summed E-state index contributed by atoms with van der Waals surface area (Å²) in [7, 11) is 0. The van der Waals surface area contributed by atoms with Crippen LogP contribution >= 0.6 is 0 Å². The first-order chi connectivity index (χ1) is 13.8. The van der Waals surface area contributed by atoms with E-state index in [0.717, 1.165) is 6.07 Å². The highest BCUT2D eigenvalue weighted by Crippen LogP contribution is 2.32. The zero-order valence-corrected chi connectivity index (χ0v) is 15.9. The van der Waals surface area contributed by atoms with Gasteiger partial charge in [0, 0.05) is 30.0 Å². The number of morpholine rings is 1. The fourth-order valence-corrected chi connectivity index (χ4v) is 3.10. The molecule has 1 aliphatic rings.